The first kappa shape index (κ1) is 8.55. The predicted octanol–water partition coefficient (Wildman–Crippen LogP) is 3.01. The second kappa shape index (κ2) is 4.35. The van der Waals surface area contributed by atoms with Gasteiger partial charge in [-0.05, 0) is 18.6 Å². The molecule has 0 amide bonds. The first-order valence-electron chi connectivity index (χ1n) is 3.88. The van der Waals surface area contributed by atoms with Crippen molar-refractivity contribution in [1.82, 2.24) is 0 Å². The molecule has 0 aromatic heterocycles. The fraction of sp³-hybridized carbons (Fsp3) is 0.182. The maximum absolute atomic E-state index is 6.68. The van der Waals surface area contributed by atoms with Gasteiger partial charge in [-0.3, -0.25) is 0 Å². The van der Waals surface area contributed by atoms with Gasteiger partial charge in [0.2, 0.25) is 6.54 Å². The Hall–Kier alpha value is -1.55. The van der Waals surface area contributed by atoms with Crippen molar-refractivity contribution in [2.24, 2.45) is 0 Å². The molecule has 0 atom stereocenters. The highest BCUT2D eigenvalue weighted by Crippen LogP contribution is 2.05. The van der Waals surface area contributed by atoms with Gasteiger partial charge in [0.05, 0.1) is 0 Å². The molecule has 60 valence electrons. The Morgan fingerprint density at radius 3 is 2.67 bits per heavy atom. The summed E-state index contributed by atoms with van der Waals surface area (Å²) in [6.45, 7) is 9.16. The highest BCUT2D eigenvalue weighted by Gasteiger charge is 1.91. The van der Waals surface area contributed by atoms with Crippen LogP contribution in [-0.2, 0) is 0 Å². The average molecular weight is 157 g/mol. The van der Waals surface area contributed by atoms with Crippen LogP contribution in [0.3, 0.4) is 0 Å². The minimum atomic E-state index is 0.495. The summed E-state index contributed by atoms with van der Waals surface area (Å²) in [5, 5.41) is 0. The normalized spacial score (nSPS) is 10.8. The Bertz CT molecular complexity index is 304. The monoisotopic (exact) mass is 157 g/mol. The molecule has 0 saturated heterocycles. The van der Waals surface area contributed by atoms with Gasteiger partial charge in [0.1, 0.15) is 0 Å². The molecule has 12 heavy (non-hydrogen) atoms. The molecule has 0 N–H and O–H groups in total. The molecule has 0 saturated carbocycles. The van der Waals surface area contributed by atoms with E-state index < -0.39 is 0 Å². The molecule has 0 aliphatic heterocycles. The summed E-state index contributed by atoms with van der Waals surface area (Å²) < 4.78 is 0. The lowest BCUT2D eigenvalue weighted by molar-refractivity contribution is 1.32. The average Bonchev–Trinajstić information content (AvgIpc) is 2.06. The molecule has 0 bridgehead atoms. The van der Waals surface area contributed by atoms with E-state index in [0.29, 0.717) is 6.54 Å². The van der Waals surface area contributed by atoms with E-state index in [1.165, 1.54) is 5.56 Å². The molecule has 0 unspecified atom stereocenters. The van der Waals surface area contributed by atoms with Crippen LogP contribution in [-0.4, -0.2) is 6.54 Å². The van der Waals surface area contributed by atoms with Gasteiger partial charge in [0.15, 0.2) is 0 Å². The van der Waals surface area contributed by atoms with E-state index in [4.69, 9.17) is 6.57 Å². The molecular formula is C11H11N. The first-order chi connectivity index (χ1) is 5.83. The van der Waals surface area contributed by atoms with Crippen molar-refractivity contribution in [3.8, 4) is 0 Å². The van der Waals surface area contributed by atoms with Crippen LogP contribution in [0.1, 0.15) is 12.5 Å². The van der Waals surface area contributed by atoms with Gasteiger partial charge >= 0.3 is 0 Å². The Morgan fingerprint density at radius 1 is 1.42 bits per heavy atom. The molecule has 1 aromatic rings. The molecule has 0 heterocycles. The van der Waals surface area contributed by atoms with E-state index in [2.05, 4.69) is 4.85 Å². The van der Waals surface area contributed by atoms with Crippen molar-refractivity contribution in [2.45, 2.75) is 6.92 Å². The van der Waals surface area contributed by atoms with Gasteiger partial charge in [0, 0.05) is 5.57 Å². The first-order valence-corrected chi connectivity index (χ1v) is 3.88. The van der Waals surface area contributed by atoms with Crippen LogP contribution in [0.25, 0.3) is 10.9 Å². The van der Waals surface area contributed by atoms with Gasteiger partial charge in [-0.25, -0.2) is 6.57 Å². The number of rotatable bonds is 2. The summed E-state index contributed by atoms with van der Waals surface area (Å²) in [5.74, 6) is 0. The Morgan fingerprint density at radius 2 is 2.08 bits per heavy atom. The molecule has 0 radical (unpaired) electrons. The zero-order valence-electron chi connectivity index (χ0n) is 7.12. The van der Waals surface area contributed by atoms with Crippen LogP contribution in [0.5, 0.6) is 0 Å². The van der Waals surface area contributed by atoms with Crippen molar-refractivity contribution in [3.05, 3.63) is 52.9 Å². The van der Waals surface area contributed by atoms with Crippen molar-refractivity contribution in [3.63, 3.8) is 0 Å². The van der Waals surface area contributed by atoms with E-state index in [0.717, 1.165) is 5.57 Å². The minimum Gasteiger partial charge on any atom is -0.312 e. The van der Waals surface area contributed by atoms with Gasteiger partial charge in [-0.2, -0.15) is 0 Å². The lowest BCUT2D eigenvalue weighted by atomic mass is 10.1. The van der Waals surface area contributed by atoms with Gasteiger partial charge in [-0.15, -0.1) is 0 Å². The summed E-state index contributed by atoms with van der Waals surface area (Å²) >= 11 is 0. The summed E-state index contributed by atoms with van der Waals surface area (Å²) in [4.78, 5) is 3.31. The molecule has 1 rings (SSSR count). The summed E-state index contributed by atoms with van der Waals surface area (Å²) in [6, 6.07) is 10.1. The summed E-state index contributed by atoms with van der Waals surface area (Å²) in [5.41, 5.74) is 2.27. The van der Waals surface area contributed by atoms with Crippen molar-refractivity contribution in [1.29, 1.82) is 0 Å². The van der Waals surface area contributed by atoms with E-state index in [1.807, 2.05) is 43.3 Å². The predicted molar refractivity (Wildman–Crippen MR) is 51.6 cm³/mol. The fourth-order valence-electron chi connectivity index (χ4n) is 1.00. The van der Waals surface area contributed by atoms with Crippen LogP contribution in [0.4, 0.5) is 0 Å². The molecule has 1 nitrogen and oxygen atoms in total. The lowest BCUT2D eigenvalue weighted by Gasteiger charge is -1.92. The van der Waals surface area contributed by atoms with E-state index >= 15 is 0 Å². The zero-order chi connectivity index (χ0) is 8.81. The number of nitrogens with zero attached hydrogens (tertiary/aromatic N) is 1. The number of benzene rings is 1. The molecular weight excluding hydrogens is 146 g/mol. The van der Waals surface area contributed by atoms with Crippen LogP contribution in [0.15, 0.2) is 35.9 Å². The maximum atomic E-state index is 6.68. The van der Waals surface area contributed by atoms with Gasteiger partial charge in [0.25, 0.3) is 0 Å². The largest absolute Gasteiger partial charge is 0.312 e. The van der Waals surface area contributed by atoms with Crippen molar-refractivity contribution >= 4 is 6.08 Å². The third-order valence-electron chi connectivity index (χ3n) is 1.54. The van der Waals surface area contributed by atoms with Crippen LogP contribution < -0.4 is 0 Å². The summed E-state index contributed by atoms with van der Waals surface area (Å²) in [7, 11) is 0. The molecule has 0 aliphatic rings. The van der Waals surface area contributed by atoms with Crippen LogP contribution >= 0.6 is 0 Å². The molecule has 0 aliphatic carbocycles. The van der Waals surface area contributed by atoms with Gasteiger partial charge in [-0.1, -0.05) is 30.3 Å². The molecule has 0 spiro atoms. The second-order valence-electron chi connectivity index (χ2n) is 2.72. The highest BCUT2D eigenvalue weighted by molar-refractivity contribution is 5.52. The number of hydrogen-bond acceptors (Lipinski definition) is 0. The highest BCUT2D eigenvalue weighted by atomic mass is 14.6. The molecule has 1 aromatic carbocycles. The van der Waals surface area contributed by atoms with Crippen LogP contribution in [0.2, 0.25) is 0 Å². The van der Waals surface area contributed by atoms with E-state index in [1.54, 1.807) is 0 Å². The smallest absolute Gasteiger partial charge is 0.235 e. The SMILES string of the molecule is [C-]#[N+]C/C(C)=C/c1ccccc1. The standard InChI is InChI=1S/C11H11N/c1-10(9-12-2)8-11-6-4-3-5-7-11/h3-8H,9H2,1H3/b10-8+. The quantitative estimate of drug-likeness (QED) is 0.581. The lowest BCUT2D eigenvalue weighted by Crippen LogP contribution is -1.79. The minimum absolute atomic E-state index is 0.495. The third kappa shape index (κ3) is 2.59. The van der Waals surface area contributed by atoms with Crippen LogP contribution in [0, 0.1) is 6.57 Å². The van der Waals surface area contributed by atoms with E-state index in [9.17, 15) is 0 Å². The summed E-state index contributed by atoms with van der Waals surface area (Å²) in [6.07, 6.45) is 2.04. The topological polar surface area (TPSA) is 4.36 Å². The fourth-order valence-corrected chi connectivity index (χ4v) is 1.00. The Labute approximate surface area is 73.2 Å². The second-order valence-corrected chi connectivity index (χ2v) is 2.72. The maximum Gasteiger partial charge on any atom is 0.235 e. The molecule has 0 fully saturated rings. The Kier molecular flexibility index (Phi) is 3.10. The molecule has 1 heteroatoms. The Balaban J connectivity index is 2.76. The van der Waals surface area contributed by atoms with E-state index in [-0.39, 0.29) is 0 Å². The third-order valence-corrected chi connectivity index (χ3v) is 1.54. The van der Waals surface area contributed by atoms with Gasteiger partial charge < -0.3 is 4.85 Å². The van der Waals surface area contributed by atoms with Crippen molar-refractivity contribution in [2.75, 3.05) is 6.54 Å². The number of hydrogen-bond donors (Lipinski definition) is 0. The zero-order valence-corrected chi connectivity index (χ0v) is 7.12. The van der Waals surface area contributed by atoms with Crippen molar-refractivity contribution < 1.29 is 0 Å².